The van der Waals surface area contributed by atoms with E-state index in [0.29, 0.717) is 17.2 Å². The van der Waals surface area contributed by atoms with Crippen molar-refractivity contribution >= 4 is 9.84 Å². The Morgan fingerprint density at radius 3 is 2.36 bits per heavy atom. The van der Waals surface area contributed by atoms with Gasteiger partial charge in [0.25, 0.3) is 0 Å². The molecule has 0 N–H and O–H groups in total. The molecule has 0 spiro atoms. The van der Waals surface area contributed by atoms with Crippen molar-refractivity contribution in [1.82, 2.24) is 0 Å². The van der Waals surface area contributed by atoms with Gasteiger partial charge in [0.05, 0.1) is 19.1 Å². The molecule has 0 saturated heterocycles. The Kier molecular flexibility index (Phi) is 4.92. The predicted molar refractivity (Wildman–Crippen MR) is 83.4 cm³/mol. The molecule has 5 nitrogen and oxygen atoms in total. The third kappa shape index (κ3) is 3.92. The Morgan fingerprint density at radius 2 is 1.73 bits per heavy atom. The van der Waals surface area contributed by atoms with Crippen molar-refractivity contribution in [2.75, 3.05) is 20.5 Å². The molecule has 0 unspecified atom stereocenters. The smallest absolute Gasteiger partial charge is 0.175 e. The SMILES string of the molecule is COc1ccc(OC)c(COc2cccc(S(C)(=O)=O)c2)c1. The van der Waals surface area contributed by atoms with Crippen molar-refractivity contribution in [3.05, 3.63) is 48.0 Å². The summed E-state index contributed by atoms with van der Waals surface area (Å²) in [4.78, 5) is 0.225. The highest BCUT2D eigenvalue weighted by Gasteiger charge is 2.09. The van der Waals surface area contributed by atoms with E-state index in [4.69, 9.17) is 14.2 Å². The highest BCUT2D eigenvalue weighted by molar-refractivity contribution is 7.90. The molecule has 2 aromatic carbocycles. The van der Waals surface area contributed by atoms with E-state index in [1.807, 2.05) is 6.07 Å². The number of sulfone groups is 1. The van der Waals surface area contributed by atoms with E-state index in [9.17, 15) is 8.42 Å². The lowest BCUT2D eigenvalue weighted by molar-refractivity contribution is 0.294. The molecular weight excluding hydrogens is 304 g/mol. The van der Waals surface area contributed by atoms with Gasteiger partial charge in [-0.2, -0.15) is 0 Å². The Hall–Kier alpha value is -2.21. The third-order valence-corrected chi connectivity index (χ3v) is 4.23. The molecule has 0 atom stereocenters. The summed E-state index contributed by atoms with van der Waals surface area (Å²) >= 11 is 0. The fraction of sp³-hybridized carbons (Fsp3) is 0.250. The second kappa shape index (κ2) is 6.70. The summed E-state index contributed by atoms with van der Waals surface area (Å²) in [5, 5.41) is 0. The Morgan fingerprint density at radius 1 is 0.955 bits per heavy atom. The van der Waals surface area contributed by atoms with Crippen molar-refractivity contribution in [3.8, 4) is 17.2 Å². The van der Waals surface area contributed by atoms with Crippen LogP contribution in [0.2, 0.25) is 0 Å². The molecule has 118 valence electrons. The summed E-state index contributed by atoms with van der Waals surface area (Å²) in [5.41, 5.74) is 0.812. The zero-order valence-electron chi connectivity index (χ0n) is 12.7. The van der Waals surface area contributed by atoms with Gasteiger partial charge in [-0.1, -0.05) is 6.07 Å². The summed E-state index contributed by atoms with van der Waals surface area (Å²) in [6.07, 6.45) is 1.16. The van der Waals surface area contributed by atoms with Gasteiger partial charge in [-0.3, -0.25) is 0 Å². The Bertz CT molecular complexity index is 753. The minimum absolute atomic E-state index is 0.225. The molecule has 0 amide bonds. The Labute approximate surface area is 130 Å². The molecule has 0 fully saturated rings. The number of methoxy groups -OCH3 is 2. The van der Waals surface area contributed by atoms with E-state index in [1.165, 1.54) is 12.1 Å². The van der Waals surface area contributed by atoms with Gasteiger partial charge in [0, 0.05) is 11.8 Å². The molecule has 0 radical (unpaired) electrons. The van der Waals surface area contributed by atoms with Crippen LogP contribution in [0.15, 0.2) is 47.4 Å². The van der Waals surface area contributed by atoms with Crippen molar-refractivity contribution in [2.24, 2.45) is 0 Å². The fourth-order valence-electron chi connectivity index (χ4n) is 1.95. The molecule has 0 bridgehead atoms. The molecule has 22 heavy (non-hydrogen) atoms. The molecule has 0 heterocycles. The predicted octanol–water partition coefficient (Wildman–Crippen LogP) is 2.69. The van der Waals surface area contributed by atoms with E-state index in [-0.39, 0.29) is 11.5 Å². The lowest BCUT2D eigenvalue weighted by Gasteiger charge is -2.12. The lowest BCUT2D eigenvalue weighted by Crippen LogP contribution is -2.01. The summed E-state index contributed by atoms with van der Waals surface area (Å²) < 4.78 is 39.2. The summed E-state index contributed by atoms with van der Waals surface area (Å²) in [6.45, 7) is 0.244. The number of hydrogen-bond donors (Lipinski definition) is 0. The second-order valence-electron chi connectivity index (χ2n) is 4.71. The zero-order valence-corrected chi connectivity index (χ0v) is 13.5. The number of benzene rings is 2. The fourth-order valence-corrected chi connectivity index (χ4v) is 2.61. The molecule has 0 aliphatic heterocycles. The first-order valence-electron chi connectivity index (χ1n) is 6.58. The zero-order chi connectivity index (χ0) is 16.2. The largest absolute Gasteiger partial charge is 0.497 e. The number of ether oxygens (including phenoxy) is 3. The van der Waals surface area contributed by atoms with Crippen LogP contribution in [0.3, 0.4) is 0 Å². The standard InChI is InChI=1S/C16H18O5S/c1-19-13-7-8-16(20-2)12(9-13)11-21-14-5-4-6-15(10-14)22(3,17)18/h4-10H,11H2,1-3H3. The van der Waals surface area contributed by atoms with Crippen molar-refractivity contribution in [2.45, 2.75) is 11.5 Å². The normalized spacial score (nSPS) is 11.0. The maximum atomic E-state index is 11.6. The molecular formula is C16H18O5S. The Balaban J connectivity index is 2.20. The first-order valence-corrected chi connectivity index (χ1v) is 8.47. The van der Waals surface area contributed by atoms with Crippen LogP contribution in [0.4, 0.5) is 0 Å². The summed E-state index contributed by atoms with van der Waals surface area (Å²) in [7, 11) is -0.0922. The van der Waals surface area contributed by atoms with E-state index in [0.717, 1.165) is 11.8 Å². The monoisotopic (exact) mass is 322 g/mol. The molecule has 0 aliphatic carbocycles. The summed E-state index contributed by atoms with van der Waals surface area (Å²) in [6, 6.07) is 11.8. The molecule has 6 heteroatoms. The maximum absolute atomic E-state index is 11.6. The topological polar surface area (TPSA) is 61.8 Å². The van der Waals surface area contributed by atoms with Gasteiger partial charge in [0.2, 0.25) is 0 Å². The minimum atomic E-state index is -3.26. The summed E-state index contributed by atoms with van der Waals surface area (Å²) in [5.74, 6) is 1.86. The minimum Gasteiger partial charge on any atom is -0.497 e. The lowest BCUT2D eigenvalue weighted by atomic mass is 10.2. The number of hydrogen-bond acceptors (Lipinski definition) is 5. The van der Waals surface area contributed by atoms with Gasteiger partial charge in [0.1, 0.15) is 23.9 Å². The van der Waals surface area contributed by atoms with Crippen molar-refractivity contribution in [1.29, 1.82) is 0 Å². The maximum Gasteiger partial charge on any atom is 0.175 e. The van der Waals surface area contributed by atoms with E-state index in [1.54, 1.807) is 38.5 Å². The van der Waals surface area contributed by atoms with Gasteiger partial charge in [0.15, 0.2) is 9.84 Å². The first-order chi connectivity index (χ1) is 10.4. The van der Waals surface area contributed by atoms with Crippen LogP contribution >= 0.6 is 0 Å². The van der Waals surface area contributed by atoms with Gasteiger partial charge in [-0.15, -0.1) is 0 Å². The molecule has 2 rings (SSSR count). The van der Waals surface area contributed by atoms with Crippen LogP contribution in [-0.2, 0) is 16.4 Å². The second-order valence-corrected chi connectivity index (χ2v) is 6.73. The van der Waals surface area contributed by atoms with Crippen LogP contribution in [0.1, 0.15) is 5.56 Å². The van der Waals surface area contributed by atoms with Gasteiger partial charge in [-0.05, 0) is 36.4 Å². The van der Waals surface area contributed by atoms with Gasteiger partial charge < -0.3 is 14.2 Å². The van der Waals surface area contributed by atoms with E-state index in [2.05, 4.69) is 0 Å². The van der Waals surface area contributed by atoms with Crippen LogP contribution in [0, 0.1) is 0 Å². The van der Waals surface area contributed by atoms with Crippen molar-refractivity contribution < 1.29 is 22.6 Å². The molecule has 0 aromatic heterocycles. The highest BCUT2D eigenvalue weighted by atomic mass is 32.2. The highest BCUT2D eigenvalue weighted by Crippen LogP contribution is 2.26. The molecule has 2 aromatic rings. The van der Waals surface area contributed by atoms with E-state index >= 15 is 0 Å². The average molecular weight is 322 g/mol. The van der Waals surface area contributed by atoms with E-state index < -0.39 is 9.84 Å². The third-order valence-electron chi connectivity index (χ3n) is 3.12. The van der Waals surface area contributed by atoms with Crippen LogP contribution in [0.5, 0.6) is 17.2 Å². The first kappa shape index (κ1) is 16.2. The average Bonchev–Trinajstić information content (AvgIpc) is 2.52. The van der Waals surface area contributed by atoms with Crippen LogP contribution in [-0.4, -0.2) is 28.9 Å². The molecule has 0 saturated carbocycles. The number of rotatable bonds is 6. The van der Waals surface area contributed by atoms with Gasteiger partial charge in [-0.25, -0.2) is 8.42 Å². The van der Waals surface area contributed by atoms with Gasteiger partial charge >= 0.3 is 0 Å². The van der Waals surface area contributed by atoms with Crippen LogP contribution in [0.25, 0.3) is 0 Å². The van der Waals surface area contributed by atoms with Crippen LogP contribution < -0.4 is 14.2 Å². The quantitative estimate of drug-likeness (QED) is 0.818. The molecule has 0 aliphatic rings. The van der Waals surface area contributed by atoms with Crippen molar-refractivity contribution in [3.63, 3.8) is 0 Å².